The maximum atomic E-state index is 12.0. The molecule has 0 saturated carbocycles. The average molecular weight is 378 g/mol. The molecular formula is C16H14BrN2O4-. The van der Waals surface area contributed by atoms with Crippen LogP contribution in [0, 0.1) is 5.92 Å². The van der Waals surface area contributed by atoms with Gasteiger partial charge in [0.1, 0.15) is 0 Å². The number of piperidine rings is 1. The number of aliphatic imine (C=N–C) groups is 1. The van der Waals surface area contributed by atoms with Crippen LogP contribution in [0.25, 0.3) is 0 Å². The lowest BCUT2D eigenvalue weighted by Crippen LogP contribution is -2.39. The number of hydrogen-bond donors (Lipinski definition) is 0. The van der Waals surface area contributed by atoms with Gasteiger partial charge in [-0.3, -0.25) is 0 Å². The van der Waals surface area contributed by atoms with Gasteiger partial charge in [0.2, 0.25) is 5.90 Å². The zero-order chi connectivity index (χ0) is 16.4. The number of cyclic esters (lactones) is 1. The highest BCUT2D eigenvalue weighted by Crippen LogP contribution is 2.24. The first-order chi connectivity index (χ1) is 11.0. The van der Waals surface area contributed by atoms with Gasteiger partial charge in [0.25, 0.3) is 0 Å². The predicted octanol–water partition coefficient (Wildman–Crippen LogP) is 1.06. The Kier molecular flexibility index (Phi) is 4.47. The summed E-state index contributed by atoms with van der Waals surface area (Å²) in [6, 6.07) is 7.36. The Morgan fingerprint density at radius 2 is 2.04 bits per heavy atom. The maximum Gasteiger partial charge on any atom is 0.365 e. The van der Waals surface area contributed by atoms with Crippen molar-refractivity contribution in [3.05, 3.63) is 46.2 Å². The van der Waals surface area contributed by atoms with E-state index in [-0.39, 0.29) is 11.6 Å². The van der Waals surface area contributed by atoms with Crippen molar-refractivity contribution in [2.75, 3.05) is 13.1 Å². The third kappa shape index (κ3) is 3.44. The molecule has 0 N–H and O–H groups in total. The highest BCUT2D eigenvalue weighted by molar-refractivity contribution is 9.10. The van der Waals surface area contributed by atoms with Crippen molar-refractivity contribution in [3.8, 4) is 0 Å². The summed E-state index contributed by atoms with van der Waals surface area (Å²) >= 11 is 3.40. The van der Waals surface area contributed by atoms with E-state index in [0.29, 0.717) is 31.5 Å². The fourth-order valence-electron chi connectivity index (χ4n) is 2.59. The van der Waals surface area contributed by atoms with Crippen LogP contribution in [0.3, 0.4) is 0 Å². The van der Waals surface area contributed by atoms with Gasteiger partial charge < -0.3 is 19.5 Å². The van der Waals surface area contributed by atoms with Crippen molar-refractivity contribution in [1.29, 1.82) is 0 Å². The molecule has 23 heavy (non-hydrogen) atoms. The summed E-state index contributed by atoms with van der Waals surface area (Å²) in [5.41, 5.74) is 0.933. The summed E-state index contributed by atoms with van der Waals surface area (Å²) in [5.74, 6) is -1.66. The van der Waals surface area contributed by atoms with Crippen LogP contribution >= 0.6 is 15.9 Å². The molecule has 0 aliphatic carbocycles. The lowest BCUT2D eigenvalue weighted by atomic mass is 9.97. The number of hydrogen-bond acceptors (Lipinski definition) is 6. The van der Waals surface area contributed by atoms with Crippen LogP contribution < -0.4 is 5.11 Å². The Balaban J connectivity index is 1.75. The van der Waals surface area contributed by atoms with Gasteiger partial charge in [0.15, 0.2) is 5.70 Å². The number of carboxylic acid groups (broad SMARTS) is 1. The molecule has 1 aromatic rings. The minimum Gasteiger partial charge on any atom is -0.550 e. The maximum absolute atomic E-state index is 12.0. The van der Waals surface area contributed by atoms with Crippen LogP contribution in [0.2, 0.25) is 0 Å². The van der Waals surface area contributed by atoms with E-state index >= 15 is 0 Å². The molecule has 120 valence electrons. The molecule has 0 atom stereocenters. The Morgan fingerprint density at radius 1 is 1.35 bits per heavy atom. The standard InChI is InChI=1S/C16H15BrN2O4/c17-12-4-2-1-3-11(12)14-18-13(16(22)23-14)9-19-7-5-10(6-8-19)15(20)21/h1-4,9-10H,5-8H2,(H,20,21)/p-1. The van der Waals surface area contributed by atoms with Crippen LogP contribution in [0.15, 0.2) is 45.6 Å². The fourth-order valence-corrected chi connectivity index (χ4v) is 3.04. The lowest BCUT2D eigenvalue weighted by molar-refractivity contribution is -0.312. The summed E-state index contributed by atoms with van der Waals surface area (Å²) in [6.07, 6.45) is 2.64. The van der Waals surface area contributed by atoms with E-state index < -0.39 is 17.9 Å². The smallest absolute Gasteiger partial charge is 0.365 e. The highest BCUT2D eigenvalue weighted by Gasteiger charge is 2.27. The molecule has 7 heteroatoms. The quantitative estimate of drug-likeness (QED) is 0.580. The summed E-state index contributed by atoms with van der Waals surface area (Å²) < 4.78 is 6.02. The van der Waals surface area contributed by atoms with E-state index in [4.69, 9.17) is 4.74 Å². The van der Waals surface area contributed by atoms with Gasteiger partial charge in [-0.05, 0) is 40.9 Å². The van der Waals surface area contributed by atoms with Crippen LogP contribution in [-0.2, 0) is 14.3 Å². The number of aliphatic carboxylic acids is 1. The zero-order valence-electron chi connectivity index (χ0n) is 12.2. The number of halogens is 1. The fraction of sp³-hybridized carbons (Fsp3) is 0.312. The third-order valence-corrected chi connectivity index (χ3v) is 4.58. The minimum absolute atomic E-state index is 0.225. The molecule has 1 aromatic carbocycles. The second kappa shape index (κ2) is 6.54. The topological polar surface area (TPSA) is 82.0 Å². The van der Waals surface area contributed by atoms with E-state index in [0.717, 1.165) is 4.47 Å². The minimum atomic E-state index is -1.01. The van der Waals surface area contributed by atoms with Gasteiger partial charge in [0.05, 0.1) is 5.56 Å². The number of carbonyl (C=O) groups excluding carboxylic acids is 2. The first-order valence-corrected chi connectivity index (χ1v) is 8.06. The zero-order valence-corrected chi connectivity index (χ0v) is 13.8. The summed E-state index contributed by atoms with van der Waals surface area (Å²) in [7, 11) is 0. The molecule has 2 heterocycles. The molecule has 1 fully saturated rings. The van der Waals surface area contributed by atoms with E-state index in [1.54, 1.807) is 6.20 Å². The van der Waals surface area contributed by atoms with Crippen molar-refractivity contribution in [1.82, 2.24) is 4.90 Å². The molecule has 2 aliphatic heterocycles. The molecule has 0 spiro atoms. The summed E-state index contributed by atoms with van der Waals surface area (Å²) in [4.78, 5) is 29.0. The Hall–Kier alpha value is -2.15. The first kappa shape index (κ1) is 15.7. The number of esters is 1. The van der Waals surface area contributed by atoms with Crippen molar-refractivity contribution in [2.24, 2.45) is 10.9 Å². The number of carboxylic acids is 1. The highest BCUT2D eigenvalue weighted by atomic mass is 79.9. The molecule has 0 aromatic heterocycles. The van der Waals surface area contributed by atoms with Gasteiger partial charge in [-0.1, -0.05) is 12.1 Å². The second-order valence-electron chi connectivity index (χ2n) is 5.43. The van der Waals surface area contributed by atoms with Gasteiger partial charge in [0, 0.05) is 35.6 Å². The largest absolute Gasteiger partial charge is 0.550 e. The molecule has 0 unspecified atom stereocenters. The normalized spacial score (nSPS) is 20.6. The number of rotatable bonds is 3. The van der Waals surface area contributed by atoms with E-state index in [1.165, 1.54) is 0 Å². The first-order valence-electron chi connectivity index (χ1n) is 7.27. The van der Waals surface area contributed by atoms with Gasteiger partial charge in [-0.25, -0.2) is 9.79 Å². The third-order valence-electron chi connectivity index (χ3n) is 3.89. The van der Waals surface area contributed by atoms with Crippen LogP contribution in [0.5, 0.6) is 0 Å². The molecule has 0 radical (unpaired) electrons. The molecule has 0 bridgehead atoms. The Morgan fingerprint density at radius 3 is 2.70 bits per heavy atom. The number of nitrogens with zero attached hydrogens (tertiary/aromatic N) is 2. The predicted molar refractivity (Wildman–Crippen MR) is 84.2 cm³/mol. The van der Waals surface area contributed by atoms with Crippen molar-refractivity contribution in [3.63, 3.8) is 0 Å². The van der Waals surface area contributed by atoms with Crippen molar-refractivity contribution in [2.45, 2.75) is 12.8 Å². The second-order valence-corrected chi connectivity index (χ2v) is 6.28. The molecule has 3 rings (SSSR count). The number of likely N-dealkylation sites (tertiary alicyclic amines) is 1. The SMILES string of the molecule is O=C1OC(c2ccccc2Br)=NC1=CN1CCC(C(=O)[O-])CC1. The summed E-state index contributed by atoms with van der Waals surface area (Å²) in [5, 5.41) is 10.8. The average Bonchev–Trinajstić information content (AvgIpc) is 2.89. The molecule has 6 nitrogen and oxygen atoms in total. The van der Waals surface area contributed by atoms with Gasteiger partial charge >= 0.3 is 5.97 Å². The van der Waals surface area contributed by atoms with Crippen molar-refractivity contribution < 1.29 is 19.4 Å². The van der Waals surface area contributed by atoms with E-state index in [9.17, 15) is 14.7 Å². The van der Waals surface area contributed by atoms with E-state index in [2.05, 4.69) is 20.9 Å². The van der Waals surface area contributed by atoms with Crippen LogP contribution in [-0.4, -0.2) is 35.8 Å². The molecule has 1 saturated heterocycles. The van der Waals surface area contributed by atoms with Crippen molar-refractivity contribution >= 4 is 33.8 Å². The lowest BCUT2D eigenvalue weighted by Gasteiger charge is -2.31. The molecule has 0 amide bonds. The number of carbonyl (C=O) groups is 2. The van der Waals surface area contributed by atoms with Crippen LogP contribution in [0.4, 0.5) is 0 Å². The van der Waals surface area contributed by atoms with Gasteiger partial charge in [-0.15, -0.1) is 0 Å². The monoisotopic (exact) mass is 377 g/mol. The summed E-state index contributed by atoms with van der Waals surface area (Å²) in [6.45, 7) is 1.10. The Bertz CT molecular complexity index is 706. The van der Waals surface area contributed by atoms with Gasteiger partial charge in [-0.2, -0.15) is 0 Å². The van der Waals surface area contributed by atoms with Crippen LogP contribution in [0.1, 0.15) is 18.4 Å². The molecule has 2 aliphatic rings. The number of ether oxygens (including phenoxy) is 1. The molecular weight excluding hydrogens is 364 g/mol. The van der Waals surface area contributed by atoms with E-state index in [1.807, 2.05) is 29.2 Å². The Labute approximate surface area is 141 Å². The number of benzene rings is 1.